The molecule has 3 nitrogen and oxygen atoms in total. The van der Waals surface area contributed by atoms with Crippen molar-refractivity contribution in [3.8, 4) is 0 Å². The number of thioether (sulfide) groups is 1. The Bertz CT molecular complexity index is 510. The van der Waals surface area contributed by atoms with E-state index in [4.69, 9.17) is 0 Å². The van der Waals surface area contributed by atoms with Crippen LogP contribution >= 0.6 is 11.8 Å². The van der Waals surface area contributed by atoms with Gasteiger partial charge in [0.25, 0.3) is 0 Å². The van der Waals surface area contributed by atoms with E-state index in [1.54, 1.807) is 18.0 Å². The van der Waals surface area contributed by atoms with E-state index in [0.29, 0.717) is 0 Å². The van der Waals surface area contributed by atoms with Crippen LogP contribution in [0.1, 0.15) is 30.7 Å². The Kier molecular flexibility index (Phi) is 4.44. The molecule has 0 spiro atoms. The summed E-state index contributed by atoms with van der Waals surface area (Å²) in [5.74, 6) is 0. The molecule has 1 unspecified atom stereocenters. The Morgan fingerprint density at radius 2 is 2.11 bits per heavy atom. The molecule has 4 heteroatoms. The van der Waals surface area contributed by atoms with E-state index in [1.807, 2.05) is 41.3 Å². The number of hydrogen-bond acceptors (Lipinski definition) is 3. The second-order valence-electron chi connectivity index (χ2n) is 4.12. The third-order valence-electron chi connectivity index (χ3n) is 2.90. The Labute approximate surface area is 112 Å². The van der Waals surface area contributed by atoms with Crippen LogP contribution in [0.5, 0.6) is 0 Å². The lowest BCUT2D eigenvalue weighted by Gasteiger charge is -2.16. The highest BCUT2D eigenvalue weighted by molar-refractivity contribution is 7.98. The fourth-order valence-corrected chi connectivity index (χ4v) is 2.66. The molecular formula is C14H18N2OS. The van der Waals surface area contributed by atoms with Gasteiger partial charge < -0.3 is 5.11 Å². The Balaban J connectivity index is 2.35. The zero-order valence-electron chi connectivity index (χ0n) is 10.7. The maximum Gasteiger partial charge on any atom is 0.122 e. The summed E-state index contributed by atoms with van der Waals surface area (Å²) < 4.78 is 1.88. The van der Waals surface area contributed by atoms with Crippen molar-refractivity contribution in [3.05, 3.63) is 47.8 Å². The van der Waals surface area contributed by atoms with Gasteiger partial charge in [0.1, 0.15) is 6.10 Å². The molecule has 2 rings (SSSR count). The number of aliphatic hydroxyl groups is 1. The highest BCUT2D eigenvalue weighted by Gasteiger charge is 2.17. The van der Waals surface area contributed by atoms with E-state index in [2.05, 4.69) is 12.0 Å². The van der Waals surface area contributed by atoms with Crippen molar-refractivity contribution in [1.29, 1.82) is 0 Å². The third kappa shape index (κ3) is 2.60. The van der Waals surface area contributed by atoms with Gasteiger partial charge in [-0.05, 0) is 24.8 Å². The first-order valence-corrected chi connectivity index (χ1v) is 7.33. The van der Waals surface area contributed by atoms with Gasteiger partial charge in [-0.3, -0.25) is 4.68 Å². The number of nitrogens with zero attached hydrogens (tertiary/aromatic N) is 2. The SMILES string of the molecule is CCCn1nccc1C(O)c1ccccc1SC. The van der Waals surface area contributed by atoms with Gasteiger partial charge in [-0.25, -0.2) is 0 Å². The van der Waals surface area contributed by atoms with Crippen LogP contribution in [0.15, 0.2) is 41.4 Å². The summed E-state index contributed by atoms with van der Waals surface area (Å²) in [6.07, 6.45) is 4.17. The second-order valence-corrected chi connectivity index (χ2v) is 4.97. The summed E-state index contributed by atoms with van der Waals surface area (Å²) >= 11 is 1.65. The van der Waals surface area contributed by atoms with E-state index in [0.717, 1.165) is 29.1 Å². The Morgan fingerprint density at radius 1 is 1.33 bits per heavy atom. The molecule has 2 aromatic rings. The molecule has 96 valence electrons. The average molecular weight is 262 g/mol. The highest BCUT2D eigenvalue weighted by atomic mass is 32.2. The van der Waals surface area contributed by atoms with E-state index < -0.39 is 6.10 Å². The summed E-state index contributed by atoms with van der Waals surface area (Å²) in [6.45, 7) is 2.94. The number of rotatable bonds is 5. The van der Waals surface area contributed by atoms with E-state index in [1.165, 1.54) is 0 Å². The summed E-state index contributed by atoms with van der Waals surface area (Å²) in [5.41, 5.74) is 1.81. The lowest BCUT2D eigenvalue weighted by molar-refractivity contribution is 0.204. The smallest absolute Gasteiger partial charge is 0.122 e. The maximum absolute atomic E-state index is 10.5. The standard InChI is InChI=1S/C14H18N2OS/c1-3-10-16-12(8-9-15-16)14(17)11-6-4-5-7-13(11)18-2/h4-9,14,17H,3,10H2,1-2H3. The third-order valence-corrected chi connectivity index (χ3v) is 3.71. The number of benzene rings is 1. The molecule has 0 saturated heterocycles. The first-order chi connectivity index (χ1) is 8.77. The highest BCUT2D eigenvalue weighted by Crippen LogP contribution is 2.29. The molecule has 1 atom stereocenters. The lowest BCUT2D eigenvalue weighted by atomic mass is 10.1. The van der Waals surface area contributed by atoms with Crippen molar-refractivity contribution in [2.75, 3.05) is 6.26 Å². The van der Waals surface area contributed by atoms with E-state index in [9.17, 15) is 5.11 Å². The summed E-state index contributed by atoms with van der Waals surface area (Å²) in [6, 6.07) is 9.84. The molecule has 0 bridgehead atoms. The molecule has 0 fully saturated rings. The first kappa shape index (κ1) is 13.2. The summed E-state index contributed by atoms with van der Waals surface area (Å²) in [7, 11) is 0. The van der Waals surface area contributed by atoms with Crippen molar-refractivity contribution in [1.82, 2.24) is 9.78 Å². The largest absolute Gasteiger partial charge is 0.382 e. The van der Waals surface area contributed by atoms with Crippen molar-refractivity contribution < 1.29 is 5.11 Å². The quantitative estimate of drug-likeness (QED) is 0.841. The van der Waals surface area contributed by atoms with Gasteiger partial charge in [0.2, 0.25) is 0 Å². The number of hydrogen-bond donors (Lipinski definition) is 1. The molecule has 1 N–H and O–H groups in total. The van der Waals surface area contributed by atoms with Gasteiger partial charge in [-0.2, -0.15) is 5.10 Å². The fourth-order valence-electron chi connectivity index (χ4n) is 2.03. The van der Waals surface area contributed by atoms with Crippen LogP contribution in [-0.2, 0) is 6.54 Å². The minimum atomic E-state index is -0.609. The topological polar surface area (TPSA) is 38.0 Å². The van der Waals surface area contributed by atoms with Crippen molar-refractivity contribution in [2.24, 2.45) is 0 Å². The summed E-state index contributed by atoms with van der Waals surface area (Å²) in [4.78, 5) is 1.11. The monoisotopic (exact) mass is 262 g/mol. The molecule has 0 radical (unpaired) electrons. The van der Waals surface area contributed by atoms with Gasteiger partial charge in [0, 0.05) is 23.2 Å². The Hall–Kier alpha value is -1.26. The maximum atomic E-state index is 10.5. The van der Waals surface area contributed by atoms with Gasteiger partial charge in [0.05, 0.1) is 5.69 Å². The molecule has 0 aliphatic rings. The molecule has 0 aliphatic carbocycles. The van der Waals surface area contributed by atoms with Crippen LogP contribution in [0, 0.1) is 0 Å². The molecule has 18 heavy (non-hydrogen) atoms. The zero-order valence-corrected chi connectivity index (χ0v) is 11.5. The minimum absolute atomic E-state index is 0.609. The molecule has 0 saturated carbocycles. The average Bonchev–Trinajstić information content (AvgIpc) is 2.86. The molecular weight excluding hydrogens is 244 g/mol. The molecule has 0 amide bonds. The lowest BCUT2D eigenvalue weighted by Crippen LogP contribution is -2.10. The van der Waals surface area contributed by atoms with Gasteiger partial charge in [-0.1, -0.05) is 25.1 Å². The van der Waals surface area contributed by atoms with Crippen molar-refractivity contribution in [2.45, 2.75) is 30.9 Å². The van der Waals surface area contributed by atoms with E-state index >= 15 is 0 Å². The predicted octanol–water partition coefficient (Wildman–Crippen LogP) is 3.10. The van der Waals surface area contributed by atoms with Crippen LogP contribution in [0.2, 0.25) is 0 Å². The van der Waals surface area contributed by atoms with E-state index in [-0.39, 0.29) is 0 Å². The van der Waals surface area contributed by atoms with Crippen LogP contribution in [0.25, 0.3) is 0 Å². The van der Waals surface area contributed by atoms with Gasteiger partial charge in [0.15, 0.2) is 0 Å². The molecule has 1 aromatic heterocycles. The molecule has 0 aliphatic heterocycles. The van der Waals surface area contributed by atoms with Crippen molar-refractivity contribution in [3.63, 3.8) is 0 Å². The fraction of sp³-hybridized carbons (Fsp3) is 0.357. The first-order valence-electron chi connectivity index (χ1n) is 6.10. The molecule has 1 aromatic carbocycles. The normalized spacial score (nSPS) is 12.6. The van der Waals surface area contributed by atoms with Crippen LogP contribution in [-0.4, -0.2) is 21.1 Å². The summed E-state index contributed by atoms with van der Waals surface area (Å²) in [5, 5.41) is 14.8. The van der Waals surface area contributed by atoms with Crippen LogP contribution in [0.3, 0.4) is 0 Å². The number of aryl methyl sites for hydroxylation is 1. The van der Waals surface area contributed by atoms with Crippen molar-refractivity contribution >= 4 is 11.8 Å². The van der Waals surface area contributed by atoms with Crippen LogP contribution in [0.4, 0.5) is 0 Å². The number of aromatic nitrogens is 2. The van der Waals surface area contributed by atoms with Crippen LogP contribution < -0.4 is 0 Å². The number of aliphatic hydroxyl groups excluding tert-OH is 1. The van der Waals surface area contributed by atoms with Gasteiger partial charge >= 0.3 is 0 Å². The minimum Gasteiger partial charge on any atom is -0.382 e. The van der Waals surface area contributed by atoms with Gasteiger partial charge in [-0.15, -0.1) is 11.8 Å². The zero-order chi connectivity index (χ0) is 13.0. The Morgan fingerprint density at radius 3 is 2.83 bits per heavy atom. The predicted molar refractivity (Wildman–Crippen MR) is 74.8 cm³/mol. The second kappa shape index (κ2) is 6.07. The molecule has 1 heterocycles.